The SMILES string of the molecule is CCOc1ccc2c(C(O)c3cc(OC)c(OC)c(OC)c3)cncc2c1OC(=O)C(C)(C)C. The number of methoxy groups -OCH3 is 3. The maximum atomic E-state index is 12.7. The Morgan fingerprint density at radius 1 is 0.941 bits per heavy atom. The van der Waals surface area contributed by atoms with Gasteiger partial charge in [-0.2, -0.15) is 0 Å². The number of pyridine rings is 1. The first-order chi connectivity index (χ1) is 16.2. The molecular weight excluding hydrogens is 438 g/mol. The molecule has 3 aromatic rings. The van der Waals surface area contributed by atoms with Gasteiger partial charge >= 0.3 is 5.97 Å². The third-order valence-electron chi connectivity index (χ3n) is 5.29. The van der Waals surface area contributed by atoms with Crippen LogP contribution in [0.2, 0.25) is 0 Å². The second-order valence-corrected chi connectivity index (χ2v) is 8.65. The number of esters is 1. The van der Waals surface area contributed by atoms with Gasteiger partial charge in [0, 0.05) is 23.3 Å². The molecule has 0 radical (unpaired) electrons. The standard InChI is InChI=1S/C26H31NO7/c1-8-33-19-10-9-16-17(13-27-14-18(16)23(19)34-25(29)26(2,3)4)22(28)15-11-20(30-5)24(32-7)21(12-15)31-6/h9-14,22,28H,8H2,1-7H3. The topological polar surface area (TPSA) is 96.3 Å². The highest BCUT2D eigenvalue weighted by molar-refractivity contribution is 5.95. The van der Waals surface area contributed by atoms with E-state index in [0.29, 0.717) is 51.5 Å². The number of hydrogen-bond donors (Lipinski definition) is 1. The van der Waals surface area contributed by atoms with Crippen LogP contribution in [0.4, 0.5) is 0 Å². The zero-order chi connectivity index (χ0) is 25.0. The minimum atomic E-state index is -1.07. The van der Waals surface area contributed by atoms with Gasteiger partial charge in [-0.05, 0) is 62.9 Å². The average Bonchev–Trinajstić information content (AvgIpc) is 2.82. The van der Waals surface area contributed by atoms with Crippen LogP contribution in [-0.4, -0.2) is 44.0 Å². The molecule has 1 heterocycles. The predicted octanol–water partition coefficient (Wildman–Crippen LogP) is 4.69. The van der Waals surface area contributed by atoms with E-state index in [0.717, 1.165) is 0 Å². The van der Waals surface area contributed by atoms with Crippen LogP contribution in [0.5, 0.6) is 28.7 Å². The van der Waals surface area contributed by atoms with Gasteiger partial charge in [0.05, 0.1) is 33.4 Å². The summed E-state index contributed by atoms with van der Waals surface area (Å²) in [4.78, 5) is 17.0. The summed E-state index contributed by atoms with van der Waals surface area (Å²) in [7, 11) is 4.54. The molecule has 0 saturated heterocycles. The molecule has 2 aromatic carbocycles. The summed E-state index contributed by atoms with van der Waals surface area (Å²) in [5.74, 6) is 1.55. The van der Waals surface area contributed by atoms with Crippen LogP contribution >= 0.6 is 0 Å². The fraction of sp³-hybridized carbons (Fsp3) is 0.385. The minimum Gasteiger partial charge on any atom is -0.493 e. The number of rotatable bonds is 8. The third kappa shape index (κ3) is 4.87. The molecule has 182 valence electrons. The van der Waals surface area contributed by atoms with Gasteiger partial charge < -0.3 is 28.8 Å². The maximum Gasteiger partial charge on any atom is 0.316 e. The quantitative estimate of drug-likeness (QED) is 0.375. The molecular formula is C26H31NO7. The van der Waals surface area contributed by atoms with Gasteiger partial charge in [-0.3, -0.25) is 9.78 Å². The number of carbonyl (C=O) groups excluding carboxylic acids is 1. The van der Waals surface area contributed by atoms with Crippen molar-refractivity contribution in [2.75, 3.05) is 27.9 Å². The number of benzene rings is 2. The summed E-state index contributed by atoms with van der Waals surface area (Å²) >= 11 is 0. The molecule has 0 amide bonds. The fourth-order valence-electron chi connectivity index (χ4n) is 3.50. The maximum absolute atomic E-state index is 12.7. The van der Waals surface area contributed by atoms with E-state index < -0.39 is 17.5 Å². The molecule has 1 aromatic heterocycles. The van der Waals surface area contributed by atoms with Crippen molar-refractivity contribution in [3.8, 4) is 28.7 Å². The van der Waals surface area contributed by atoms with E-state index in [-0.39, 0.29) is 5.75 Å². The van der Waals surface area contributed by atoms with Crippen LogP contribution in [0.1, 0.15) is 44.9 Å². The largest absolute Gasteiger partial charge is 0.493 e. The Morgan fingerprint density at radius 2 is 1.59 bits per heavy atom. The molecule has 0 fully saturated rings. The average molecular weight is 470 g/mol. The lowest BCUT2D eigenvalue weighted by Gasteiger charge is -2.21. The molecule has 0 aliphatic rings. The number of aliphatic hydroxyl groups is 1. The lowest BCUT2D eigenvalue weighted by Crippen LogP contribution is -2.26. The first kappa shape index (κ1) is 25.1. The fourth-order valence-corrected chi connectivity index (χ4v) is 3.50. The summed E-state index contributed by atoms with van der Waals surface area (Å²) in [6.07, 6.45) is 2.09. The number of carbonyl (C=O) groups is 1. The summed E-state index contributed by atoms with van der Waals surface area (Å²) in [5, 5.41) is 12.5. The van der Waals surface area contributed by atoms with Crippen molar-refractivity contribution < 1.29 is 33.6 Å². The van der Waals surface area contributed by atoms with Crippen molar-refractivity contribution in [1.29, 1.82) is 0 Å². The van der Waals surface area contributed by atoms with Gasteiger partial charge in [-0.1, -0.05) is 0 Å². The van der Waals surface area contributed by atoms with Crippen LogP contribution in [0.15, 0.2) is 36.7 Å². The third-order valence-corrected chi connectivity index (χ3v) is 5.29. The van der Waals surface area contributed by atoms with Crippen molar-refractivity contribution in [3.05, 3.63) is 47.8 Å². The van der Waals surface area contributed by atoms with Crippen molar-refractivity contribution in [2.45, 2.75) is 33.8 Å². The lowest BCUT2D eigenvalue weighted by molar-refractivity contribution is -0.143. The van der Waals surface area contributed by atoms with E-state index in [4.69, 9.17) is 23.7 Å². The van der Waals surface area contributed by atoms with E-state index >= 15 is 0 Å². The Labute approximate surface area is 199 Å². The van der Waals surface area contributed by atoms with Gasteiger partial charge in [0.15, 0.2) is 23.0 Å². The minimum absolute atomic E-state index is 0.269. The van der Waals surface area contributed by atoms with Crippen molar-refractivity contribution >= 4 is 16.7 Å². The highest BCUT2D eigenvalue weighted by Crippen LogP contribution is 2.43. The van der Waals surface area contributed by atoms with Gasteiger partial charge in [-0.15, -0.1) is 0 Å². The molecule has 1 atom stereocenters. The van der Waals surface area contributed by atoms with Crippen LogP contribution in [0.25, 0.3) is 10.8 Å². The van der Waals surface area contributed by atoms with Gasteiger partial charge in [-0.25, -0.2) is 0 Å². The molecule has 3 rings (SSSR count). The van der Waals surface area contributed by atoms with E-state index in [2.05, 4.69) is 4.98 Å². The second kappa shape index (κ2) is 10.2. The zero-order valence-corrected chi connectivity index (χ0v) is 20.6. The second-order valence-electron chi connectivity index (χ2n) is 8.65. The molecule has 0 aliphatic carbocycles. The van der Waals surface area contributed by atoms with Gasteiger partial charge in [0.25, 0.3) is 0 Å². The monoisotopic (exact) mass is 469 g/mol. The summed E-state index contributed by atoms with van der Waals surface area (Å²) in [6.45, 7) is 7.57. The molecule has 8 nitrogen and oxygen atoms in total. The Kier molecular flexibility index (Phi) is 7.51. The zero-order valence-electron chi connectivity index (χ0n) is 20.6. The number of nitrogens with zero attached hydrogens (tertiary/aromatic N) is 1. The van der Waals surface area contributed by atoms with E-state index in [9.17, 15) is 9.90 Å². The molecule has 1 N–H and O–H groups in total. The van der Waals surface area contributed by atoms with Gasteiger partial charge in [0.2, 0.25) is 5.75 Å². The Hall–Kier alpha value is -3.52. The number of aliphatic hydroxyl groups excluding tert-OH is 1. The highest BCUT2D eigenvalue weighted by Gasteiger charge is 2.27. The number of ether oxygens (including phenoxy) is 5. The number of fused-ring (bicyclic) bond motifs is 1. The van der Waals surface area contributed by atoms with Crippen molar-refractivity contribution in [1.82, 2.24) is 4.98 Å². The van der Waals surface area contributed by atoms with E-state index in [1.165, 1.54) is 21.3 Å². The van der Waals surface area contributed by atoms with E-state index in [1.54, 1.807) is 51.4 Å². The Morgan fingerprint density at radius 3 is 2.12 bits per heavy atom. The molecule has 0 aliphatic heterocycles. The molecule has 0 saturated carbocycles. The van der Waals surface area contributed by atoms with Crippen LogP contribution in [0, 0.1) is 5.41 Å². The lowest BCUT2D eigenvalue weighted by atomic mass is 9.96. The number of aromatic nitrogens is 1. The smallest absolute Gasteiger partial charge is 0.316 e. The van der Waals surface area contributed by atoms with Crippen LogP contribution in [-0.2, 0) is 4.79 Å². The normalized spacial score (nSPS) is 12.2. The molecule has 1 unspecified atom stereocenters. The van der Waals surface area contributed by atoms with Crippen LogP contribution in [0.3, 0.4) is 0 Å². The first-order valence-corrected chi connectivity index (χ1v) is 10.9. The summed E-state index contributed by atoms with van der Waals surface area (Å²) in [6, 6.07) is 6.90. The Balaban J connectivity index is 2.18. The Bertz CT molecular complexity index is 1160. The first-order valence-electron chi connectivity index (χ1n) is 10.9. The molecule has 34 heavy (non-hydrogen) atoms. The molecule has 0 spiro atoms. The predicted molar refractivity (Wildman–Crippen MR) is 128 cm³/mol. The molecule has 8 heteroatoms. The van der Waals surface area contributed by atoms with E-state index in [1.807, 2.05) is 13.0 Å². The molecule has 0 bridgehead atoms. The van der Waals surface area contributed by atoms with Crippen molar-refractivity contribution in [2.24, 2.45) is 5.41 Å². The summed E-state index contributed by atoms with van der Waals surface area (Å²) in [5.41, 5.74) is 0.320. The van der Waals surface area contributed by atoms with Crippen molar-refractivity contribution in [3.63, 3.8) is 0 Å². The van der Waals surface area contributed by atoms with Crippen LogP contribution < -0.4 is 23.7 Å². The van der Waals surface area contributed by atoms with Gasteiger partial charge in [0.1, 0.15) is 6.10 Å². The summed E-state index contributed by atoms with van der Waals surface area (Å²) < 4.78 is 27.7. The highest BCUT2D eigenvalue weighted by atomic mass is 16.6. The number of hydrogen-bond acceptors (Lipinski definition) is 8.